The van der Waals surface area contributed by atoms with E-state index in [0.29, 0.717) is 25.4 Å². The van der Waals surface area contributed by atoms with E-state index < -0.39 is 0 Å². The molecule has 2 aromatic carbocycles. The summed E-state index contributed by atoms with van der Waals surface area (Å²) in [5.74, 6) is 0.639. The maximum Gasteiger partial charge on any atom is 0.128 e. The van der Waals surface area contributed by atoms with Crippen molar-refractivity contribution in [3.05, 3.63) is 66.0 Å². The topological polar surface area (TPSA) is 18.5 Å². The molecule has 2 rings (SSSR count). The van der Waals surface area contributed by atoms with E-state index in [9.17, 15) is 4.39 Å². The highest BCUT2D eigenvalue weighted by Crippen LogP contribution is 2.09. The lowest BCUT2D eigenvalue weighted by molar-refractivity contribution is 0.105. The first-order chi connectivity index (χ1) is 9.36. The Hall–Kier alpha value is -1.87. The van der Waals surface area contributed by atoms with Crippen LogP contribution in [0.25, 0.3) is 0 Å². The molecule has 0 heterocycles. The smallest absolute Gasteiger partial charge is 0.128 e. The number of rotatable bonds is 7. The third-order valence-electron chi connectivity index (χ3n) is 2.66. The maximum absolute atomic E-state index is 13.3. The molecule has 0 aliphatic carbocycles. The Morgan fingerprint density at radius 3 is 2.37 bits per heavy atom. The maximum atomic E-state index is 13.3. The molecule has 0 unspecified atom stereocenters. The first-order valence-electron chi connectivity index (χ1n) is 6.35. The number of para-hydroxylation sites is 1. The zero-order chi connectivity index (χ0) is 13.3. The molecule has 0 N–H and O–H groups in total. The molecule has 0 aliphatic heterocycles. The van der Waals surface area contributed by atoms with Crippen LogP contribution in [0.4, 0.5) is 4.39 Å². The molecule has 0 saturated carbocycles. The molecule has 0 bridgehead atoms. The average Bonchev–Trinajstić information content (AvgIpc) is 2.45. The van der Waals surface area contributed by atoms with Gasteiger partial charge >= 0.3 is 0 Å². The lowest BCUT2D eigenvalue weighted by Gasteiger charge is -2.07. The standard InChI is InChI=1S/C16H17FO2/c17-16-10-5-4-7-14(16)13-18-11-6-12-19-15-8-2-1-3-9-15/h1-5,7-10H,6,11-13H2. The number of hydrogen-bond donors (Lipinski definition) is 0. The molecule has 0 radical (unpaired) electrons. The van der Waals surface area contributed by atoms with Crippen LogP contribution in [0.3, 0.4) is 0 Å². The minimum atomic E-state index is -0.219. The van der Waals surface area contributed by atoms with Crippen molar-refractivity contribution in [3.63, 3.8) is 0 Å². The molecule has 3 heteroatoms. The number of benzene rings is 2. The van der Waals surface area contributed by atoms with E-state index in [-0.39, 0.29) is 5.82 Å². The first kappa shape index (κ1) is 13.6. The highest BCUT2D eigenvalue weighted by molar-refractivity contribution is 5.20. The van der Waals surface area contributed by atoms with Crippen molar-refractivity contribution in [3.8, 4) is 5.75 Å². The van der Waals surface area contributed by atoms with E-state index in [0.717, 1.165) is 12.2 Å². The zero-order valence-electron chi connectivity index (χ0n) is 10.7. The van der Waals surface area contributed by atoms with Gasteiger partial charge in [-0.1, -0.05) is 36.4 Å². The number of halogens is 1. The summed E-state index contributed by atoms with van der Waals surface area (Å²) in [5, 5.41) is 0. The third kappa shape index (κ3) is 4.72. The number of hydrogen-bond acceptors (Lipinski definition) is 2. The molecule has 0 aromatic heterocycles. The van der Waals surface area contributed by atoms with Crippen LogP contribution >= 0.6 is 0 Å². The molecule has 0 saturated heterocycles. The van der Waals surface area contributed by atoms with Crippen molar-refractivity contribution in [1.29, 1.82) is 0 Å². The van der Waals surface area contributed by atoms with Crippen molar-refractivity contribution in [2.45, 2.75) is 13.0 Å². The first-order valence-corrected chi connectivity index (χ1v) is 6.35. The number of ether oxygens (including phenoxy) is 2. The minimum absolute atomic E-state index is 0.219. The molecule has 0 atom stereocenters. The average molecular weight is 260 g/mol. The van der Waals surface area contributed by atoms with E-state index in [4.69, 9.17) is 9.47 Å². The summed E-state index contributed by atoms with van der Waals surface area (Å²) in [6.07, 6.45) is 0.781. The van der Waals surface area contributed by atoms with Crippen LogP contribution in [0.15, 0.2) is 54.6 Å². The van der Waals surface area contributed by atoms with Gasteiger partial charge in [0, 0.05) is 12.0 Å². The van der Waals surface area contributed by atoms with Gasteiger partial charge < -0.3 is 9.47 Å². The van der Waals surface area contributed by atoms with Gasteiger partial charge in [0.25, 0.3) is 0 Å². The van der Waals surface area contributed by atoms with Gasteiger partial charge in [0.1, 0.15) is 11.6 Å². The highest BCUT2D eigenvalue weighted by atomic mass is 19.1. The van der Waals surface area contributed by atoms with Gasteiger partial charge in [-0.2, -0.15) is 0 Å². The quantitative estimate of drug-likeness (QED) is 0.705. The summed E-state index contributed by atoms with van der Waals surface area (Å²) < 4.78 is 24.2. The Kier molecular flexibility index (Phi) is 5.38. The summed E-state index contributed by atoms with van der Waals surface area (Å²) in [6, 6.07) is 16.3. The van der Waals surface area contributed by atoms with Crippen molar-refractivity contribution >= 4 is 0 Å². The summed E-state index contributed by atoms with van der Waals surface area (Å²) in [5.41, 5.74) is 0.589. The molecule has 2 nitrogen and oxygen atoms in total. The van der Waals surface area contributed by atoms with E-state index in [1.165, 1.54) is 6.07 Å². The monoisotopic (exact) mass is 260 g/mol. The van der Waals surface area contributed by atoms with Gasteiger partial charge in [0.15, 0.2) is 0 Å². The van der Waals surface area contributed by atoms with Crippen LogP contribution in [0.2, 0.25) is 0 Å². The summed E-state index contributed by atoms with van der Waals surface area (Å²) in [6.45, 7) is 1.46. The summed E-state index contributed by atoms with van der Waals surface area (Å²) >= 11 is 0. The van der Waals surface area contributed by atoms with Gasteiger partial charge in [-0.15, -0.1) is 0 Å². The fourth-order valence-electron chi connectivity index (χ4n) is 1.67. The minimum Gasteiger partial charge on any atom is -0.494 e. The van der Waals surface area contributed by atoms with Crippen LogP contribution in [0.1, 0.15) is 12.0 Å². The van der Waals surface area contributed by atoms with E-state index >= 15 is 0 Å². The summed E-state index contributed by atoms with van der Waals surface area (Å²) in [4.78, 5) is 0. The molecule has 0 spiro atoms. The van der Waals surface area contributed by atoms with Crippen LogP contribution < -0.4 is 4.74 Å². The predicted octanol–water partition coefficient (Wildman–Crippen LogP) is 3.81. The largest absolute Gasteiger partial charge is 0.494 e. The summed E-state index contributed by atoms with van der Waals surface area (Å²) in [7, 11) is 0. The lowest BCUT2D eigenvalue weighted by atomic mass is 10.2. The van der Waals surface area contributed by atoms with Gasteiger partial charge in [0.2, 0.25) is 0 Å². The predicted molar refractivity (Wildman–Crippen MR) is 72.6 cm³/mol. The molecule has 100 valence electrons. The molecular weight excluding hydrogens is 243 g/mol. The molecule has 2 aromatic rings. The second-order valence-corrected chi connectivity index (χ2v) is 4.16. The Bertz CT molecular complexity index is 485. The van der Waals surface area contributed by atoms with Crippen molar-refractivity contribution in [2.75, 3.05) is 13.2 Å². The van der Waals surface area contributed by atoms with E-state index in [1.807, 2.05) is 30.3 Å². The van der Waals surface area contributed by atoms with E-state index in [1.54, 1.807) is 18.2 Å². The Morgan fingerprint density at radius 1 is 0.842 bits per heavy atom. The SMILES string of the molecule is Fc1ccccc1COCCCOc1ccccc1. The van der Waals surface area contributed by atoms with Crippen LogP contribution in [0, 0.1) is 5.82 Å². The second-order valence-electron chi connectivity index (χ2n) is 4.16. The Balaban J connectivity index is 1.59. The molecular formula is C16H17FO2. The fraction of sp³-hybridized carbons (Fsp3) is 0.250. The third-order valence-corrected chi connectivity index (χ3v) is 2.66. The second kappa shape index (κ2) is 7.54. The van der Waals surface area contributed by atoms with Crippen LogP contribution in [-0.4, -0.2) is 13.2 Å². The molecule has 0 fully saturated rings. The van der Waals surface area contributed by atoms with Crippen molar-refractivity contribution < 1.29 is 13.9 Å². The normalized spacial score (nSPS) is 10.4. The van der Waals surface area contributed by atoms with Gasteiger partial charge in [-0.05, 0) is 18.2 Å². The van der Waals surface area contributed by atoms with Crippen LogP contribution in [-0.2, 0) is 11.3 Å². The van der Waals surface area contributed by atoms with E-state index in [2.05, 4.69) is 0 Å². The molecule has 0 amide bonds. The van der Waals surface area contributed by atoms with Gasteiger partial charge in [0.05, 0.1) is 19.8 Å². The fourth-order valence-corrected chi connectivity index (χ4v) is 1.67. The molecule has 19 heavy (non-hydrogen) atoms. The highest BCUT2D eigenvalue weighted by Gasteiger charge is 2.00. The van der Waals surface area contributed by atoms with Crippen LogP contribution in [0.5, 0.6) is 5.75 Å². The lowest BCUT2D eigenvalue weighted by Crippen LogP contribution is -2.03. The van der Waals surface area contributed by atoms with Crippen molar-refractivity contribution in [2.24, 2.45) is 0 Å². The zero-order valence-corrected chi connectivity index (χ0v) is 10.7. The Morgan fingerprint density at radius 2 is 1.58 bits per heavy atom. The van der Waals surface area contributed by atoms with Gasteiger partial charge in [-0.3, -0.25) is 0 Å². The Labute approximate surface area is 112 Å². The van der Waals surface area contributed by atoms with Gasteiger partial charge in [-0.25, -0.2) is 4.39 Å². The van der Waals surface area contributed by atoms with Crippen molar-refractivity contribution in [1.82, 2.24) is 0 Å². The molecule has 0 aliphatic rings.